The molecule has 2 nitrogen and oxygen atoms in total. The maximum Gasteiger partial charge on any atom is 0.254 e. The second kappa shape index (κ2) is 6.77. The molecule has 1 aromatic carbocycles. The molecule has 0 aliphatic heterocycles. The number of amides is 1. The first-order chi connectivity index (χ1) is 9.22. The summed E-state index contributed by atoms with van der Waals surface area (Å²) < 4.78 is 39.3. The first kappa shape index (κ1) is 16.5. The summed E-state index contributed by atoms with van der Waals surface area (Å²) in [5.41, 5.74) is -0.164. The van der Waals surface area contributed by atoms with Crippen molar-refractivity contribution in [3.05, 3.63) is 35.1 Å². The highest BCUT2D eigenvalue weighted by Crippen LogP contribution is 2.16. The van der Waals surface area contributed by atoms with Crippen molar-refractivity contribution in [1.82, 2.24) is 4.90 Å². The van der Waals surface area contributed by atoms with Crippen LogP contribution in [0.1, 0.15) is 38.1 Å². The van der Waals surface area contributed by atoms with Crippen molar-refractivity contribution in [1.29, 1.82) is 0 Å². The van der Waals surface area contributed by atoms with Crippen LogP contribution in [-0.4, -0.2) is 23.9 Å². The fourth-order valence-corrected chi connectivity index (χ4v) is 1.98. The van der Waals surface area contributed by atoms with Crippen molar-refractivity contribution in [2.24, 2.45) is 11.8 Å². The van der Waals surface area contributed by atoms with Crippen LogP contribution in [0.25, 0.3) is 0 Å². The zero-order chi connectivity index (χ0) is 15.4. The molecule has 20 heavy (non-hydrogen) atoms. The van der Waals surface area contributed by atoms with Gasteiger partial charge in [0.05, 0.1) is 0 Å². The highest BCUT2D eigenvalue weighted by molar-refractivity contribution is 5.94. The van der Waals surface area contributed by atoms with Crippen molar-refractivity contribution in [2.45, 2.75) is 27.7 Å². The first-order valence-electron chi connectivity index (χ1n) is 6.66. The molecular formula is C15H20F3NO. The van der Waals surface area contributed by atoms with Crippen molar-refractivity contribution in [3.63, 3.8) is 0 Å². The van der Waals surface area contributed by atoms with Crippen LogP contribution in [0.5, 0.6) is 0 Å². The number of carbonyl (C=O) groups excluding carboxylic acids is 1. The van der Waals surface area contributed by atoms with Gasteiger partial charge in [-0.1, -0.05) is 27.7 Å². The minimum Gasteiger partial charge on any atom is -0.338 e. The van der Waals surface area contributed by atoms with Crippen LogP contribution in [0.2, 0.25) is 0 Å². The van der Waals surface area contributed by atoms with E-state index in [4.69, 9.17) is 0 Å². The summed E-state index contributed by atoms with van der Waals surface area (Å²) >= 11 is 0. The molecule has 0 fully saturated rings. The average molecular weight is 287 g/mol. The number of halogens is 3. The van der Waals surface area contributed by atoms with Gasteiger partial charge >= 0.3 is 0 Å². The van der Waals surface area contributed by atoms with Gasteiger partial charge in [-0.25, -0.2) is 13.2 Å². The maximum atomic E-state index is 13.2. The van der Waals surface area contributed by atoms with Gasteiger partial charge in [0.15, 0.2) is 17.5 Å². The number of hydrogen-bond donors (Lipinski definition) is 0. The Labute approximate surface area is 117 Å². The molecule has 1 rings (SSSR count). The molecule has 0 heterocycles. The minimum absolute atomic E-state index is 0.164. The minimum atomic E-state index is -1.55. The van der Waals surface area contributed by atoms with Crippen molar-refractivity contribution >= 4 is 5.91 Å². The lowest BCUT2D eigenvalue weighted by molar-refractivity contribution is 0.0714. The van der Waals surface area contributed by atoms with E-state index in [0.29, 0.717) is 13.1 Å². The zero-order valence-electron chi connectivity index (χ0n) is 12.2. The van der Waals surface area contributed by atoms with Gasteiger partial charge in [-0.05, 0) is 24.0 Å². The third-order valence-corrected chi connectivity index (χ3v) is 2.69. The predicted molar refractivity (Wildman–Crippen MR) is 71.9 cm³/mol. The fourth-order valence-electron chi connectivity index (χ4n) is 1.98. The Kier molecular flexibility index (Phi) is 5.60. The molecule has 0 atom stereocenters. The number of rotatable bonds is 5. The summed E-state index contributed by atoms with van der Waals surface area (Å²) in [6.45, 7) is 8.77. The number of nitrogens with zero attached hydrogens (tertiary/aromatic N) is 1. The van der Waals surface area contributed by atoms with E-state index >= 15 is 0 Å². The van der Waals surface area contributed by atoms with Gasteiger partial charge in [0.1, 0.15) is 0 Å². The van der Waals surface area contributed by atoms with Crippen LogP contribution >= 0.6 is 0 Å². The van der Waals surface area contributed by atoms with Crippen LogP contribution in [0.3, 0.4) is 0 Å². The topological polar surface area (TPSA) is 20.3 Å². The second-order valence-electron chi connectivity index (χ2n) is 5.75. The monoisotopic (exact) mass is 287 g/mol. The van der Waals surface area contributed by atoms with E-state index in [-0.39, 0.29) is 17.4 Å². The van der Waals surface area contributed by atoms with Crippen molar-refractivity contribution in [2.75, 3.05) is 13.1 Å². The molecular weight excluding hydrogens is 267 g/mol. The van der Waals surface area contributed by atoms with E-state index in [2.05, 4.69) is 0 Å². The molecule has 1 aromatic rings. The molecule has 5 heteroatoms. The SMILES string of the molecule is CC(C)CN(CC(C)C)C(=O)c1cc(F)c(F)c(F)c1. The molecule has 0 saturated heterocycles. The standard InChI is InChI=1S/C15H20F3NO/c1-9(2)7-19(8-10(3)4)15(20)11-5-12(16)14(18)13(17)6-11/h5-6,9-10H,7-8H2,1-4H3. The third-order valence-electron chi connectivity index (χ3n) is 2.69. The Hall–Kier alpha value is -1.52. The van der Waals surface area contributed by atoms with Crippen LogP contribution in [-0.2, 0) is 0 Å². The van der Waals surface area contributed by atoms with E-state index < -0.39 is 23.4 Å². The first-order valence-corrected chi connectivity index (χ1v) is 6.66. The molecule has 0 unspecified atom stereocenters. The number of carbonyl (C=O) groups is 1. The Bertz CT molecular complexity index is 453. The summed E-state index contributed by atoms with van der Waals surface area (Å²) in [5, 5.41) is 0. The largest absolute Gasteiger partial charge is 0.338 e. The van der Waals surface area contributed by atoms with Crippen LogP contribution in [0.15, 0.2) is 12.1 Å². The second-order valence-corrected chi connectivity index (χ2v) is 5.75. The summed E-state index contributed by atoms with van der Waals surface area (Å²) in [5.74, 6) is -4.27. The summed E-state index contributed by atoms with van der Waals surface area (Å²) in [6.07, 6.45) is 0. The molecule has 0 saturated carbocycles. The van der Waals surface area contributed by atoms with E-state index in [0.717, 1.165) is 12.1 Å². The zero-order valence-corrected chi connectivity index (χ0v) is 12.2. The fraction of sp³-hybridized carbons (Fsp3) is 0.533. The number of hydrogen-bond acceptors (Lipinski definition) is 1. The molecule has 0 aromatic heterocycles. The molecule has 0 aliphatic rings. The Balaban J connectivity index is 3.05. The lowest BCUT2D eigenvalue weighted by Crippen LogP contribution is -2.37. The molecule has 1 amide bonds. The van der Waals surface area contributed by atoms with Crippen LogP contribution in [0, 0.1) is 29.3 Å². The van der Waals surface area contributed by atoms with E-state index in [1.807, 2.05) is 27.7 Å². The van der Waals surface area contributed by atoms with Gasteiger partial charge in [0, 0.05) is 18.7 Å². The summed E-state index contributed by atoms with van der Waals surface area (Å²) in [7, 11) is 0. The normalized spacial score (nSPS) is 11.2. The summed E-state index contributed by atoms with van der Waals surface area (Å²) in [6, 6.07) is 1.49. The highest BCUT2D eigenvalue weighted by atomic mass is 19.2. The summed E-state index contributed by atoms with van der Waals surface area (Å²) in [4.78, 5) is 13.8. The predicted octanol–water partition coefficient (Wildman–Crippen LogP) is 3.86. The quantitative estimate of drug-likeness (QED) is 0.753. The molecule has 112 valence electrons. The van der Waals surface area contributed by atoms with E-state index in [9.17, 15) is 18.0 Å². The van der Waals surface area contributed by atoms with Gasteiger partial charge in [0.2, 0.25) is 0 Å². The van der Waals surface area contributed by atoms with Gasteiger partial charge < -0.3 is 4.90 Å². The van der Waals surface area contributed by atoms with Crippen molar-refractivity contribution in [3.8, 4) is 0 Å². The lowest BCUT2D eigenvalue weighted by atomic mass is 10.1. The van der Waals surface area contributed by atoms with Crippen LogP contribution in [0.4, 0.5) is 13.2 Å². The smallest absolute Gasteiger partial charge is 0.254 e. The maximum absolute atomic E-state index is 13.2. The Morgan fingerprint density at radius 3 is 1.75 bits per heavy atom. The van der Waals surface area contributed by atoms with Crippen molar-refractivity contribution < 1.29 is 18.0 Å². The highest BCUT2D eigenvalue weighted by Gasteiger charge is 2.21. The van der Waals surface area contributed by atoms with Gasteiger partial charge in [-0.3, -0.25) is 4.79 Å². The molecule has 0 spiro atoms. The van der Waals surface area contributed by atoms with Gasteiger partial charge in [-0.2, -0.15) is 0 Å². The number of benzene rings is 1. The third kappa shape index (κ3) is 4.25. The Morgan fingerprint density at radius 2 is 1.40 bits per heavy atom. The van der Waals surface area contributed by atoms with Gasteiger partial charge in [0.25, 0.3) is 5.91 Å². The van der Waals surface area contributed by atoms with Crippen LogP contribution < -0.4 is 0 Å². The molecule has 0 bridgehead atoms. The van der Waals surface area contributed by atoms with E-state index in [1.54, 1.807) is 4.90 Å². The lowest BCUT2D eigenvalue weighted by Gasteiger charge is -2.26. The molecule has 0 radical (unpaired) electrons. The van der Waals surface area contributed by atoms with E-state index in [1.165, 1.54) is 0 Å². The molecule has 0 N–H and O–H groups in total. The van der Waals surface area contributed by atoms with Gasteiger partial charge in [-0.15, -0.1) is 0 Å². The average Bonchev–Trinajstić information content (AvgIpc) is 2.32. The Morgan fingerprint density at radius 1 is 1.00 bits per heavy atom. The molecule has 0 aliphatic carbocycles.